The molecule has 5 heteroatoms. The van der Waals surface area contributed by atoms with Crippen molar-refractivity contribution in [1.82, 2.24) is 10.2 Å². The number of nitrogens with zero attached hydrogens (tertiary/aromatic N) is 3. The monoisotopic (exact) mass is 276 g/mol. The van der Waals surface area contributed by atoms with E-state index in [0.29, 0.717) is 25.3 Å². The number of nitrogens with one attached hydrogen (secondary N) is 1. The molecule has 0 aromatic heterocycles. The van der Waals surface area contributed by atoms with Crippen molar-refractivity contribution in [1.29, 1.82) is 0 Å². The summed E-state index contributed by atoms with van der Waals surface area (Å²) in [6, 6.07) is 0.463. The molecule has 110 valence electrons. The zero-order valence-corrected chi connectivity index (χ0v) is 12.4. The van der Waals surface area contributed by atoms with Gasteiger partial charge in [0.2, 0.25) is 5.91 Å². The number of carbonyl (C=O) groups is 1. The van der Waals surface area contributed by atoms with Crippen molar-refractivity contribution in [3.63, 3.8) is 0 Å². The summed E-state index contributed by atoms with van der Waals surface area (Å²) in [7, 11) is 4.15. The van der Waals surface area contributed by atoms with E-state index < -0.39 is 0 Å². The number of likely N-dealkylation sites (N-methyl/N-ethyl adjacent to an activating group) is 1. The Labute approximate surface area is 121 Å². The molecule has 20 heavy (non-hydrogen) atoms. The predicted octanol–water partition coefficient (Wildman–Crippen LogP) is 1.80. The Morgan fingerprint density at radius 1 is 1.45 bits per heavy atom. The Balaban J connectivity index is 1.64. The van der Waals surface area contributed by atoms with Crippen molar-refractivity contribution in [2.24, 2.45) is 16.1 Å². The maximum atomic E-state index is 11.9. The van der Waals surface area contributed by atoms with Crippen molar-refractivity contribution in [3.05, 3.63) is 0 Å². The van der Waals surface area contributed by atoms with E-state index in [2.05, 4.69) is 40.5 Å². The minimum absolute atomic E-state index is 0.0925. The van der Waals surface area contributed by atoms with Crippen molar-refractivity contribution >= 4 is 5.91 Å². The van der Waals surface area contributed by atoms with Crippen LogP contribution in [0.1, 0.15) is 38.5 Å². The highest BCUT2D eigenvalue weighted by Crippen LogP contribution is 2.37. The first-order valence-corrected chi connectivity index (χ1v) is 7.37. The molecule has 2 aliphatic rings. The average molecular weight is 276 g/mol. The van der Waals surface area contributed by atoms with Gasteiger partial charge in [-0.05, 0) is 32.9 Å². The van der Waals surface area contributed by atoms with Crippen LogP contribution in [0.15, 0.2) is 10.2 Å². The van der Waals surface area contributed by atoms with E-state index in [1.165, 1.54) is 12.8 Å². The summed E-state index contributed by atoms with van der Waals surface area (Å²) >= 11 is 0. The number of rotatable bonds is 9. The molecule has 1 aliphatic heterocycles. The van der Waals surface area contributed by atoms with Crippen LogP contribution >= 0.6 is 0 Å². The van der Waals surface area contributed by atoms with Crippen molar-refractivity contribution in [2.75, 3.05) is 20.6 Å². The molecule has 0 saturated heterocycles. The maximum absolute atomic E-state index is 11.9. The summed E-state index contributed by atoms with van der Waals surface area (Å²) in [5.74, 6) is 3.44. The fourth-order valence-electron chi connectivity index (χ4n) is 2.54. The topological polar surface area (TPSA) is 57.1 Å². The molecule has 1 saturated carbocycles. The fraction of sp³-hybridized carbons (Fsp3) is 0.800. The van der Waals surface area contributed by atoms with Gasteiger partial charge in [-0.25, -0.2) is 0 Å². The number of terminal acetylenes is 1. The summed E-state index contributed by atoms with van der Waals surface area (Å²) in [5.41, 5.74) is -0.346. The van der Waals surface area contributed by atoms with E-state index >= 15 is 0 Å². The lowest BCUT2D eigenvalue weighted by atomic mass is 10.0. The Bertz CT molecular complexity index is 412. The van der Waals surface area contributed by atoms with Gasteiger partial charge in [-0.2, -0.15) is 10.2 Å². The lowest BCUT2D eigenvalue weighted by Crippen LogP contribution is -2.41. The molecule has 1 heterocycles. The Morgan fingerprint density at radius 2 is 2.15 bits per heavy atom. The lowest BCUT2D eigenvalue weighted by Gasteiger charge is -2.24. The molecule has 1 unspecified atom stereocenters. The molecule has 2 rings (SSSR count). The van der Waals surface area contributed by atoms with E-state index in [0.717, 1.165) is 18.9 Å². The fourth-order valence-corrected chi connectivity index (χ4v) is 2.54. The SMILES string of the molecule is C#CCCC1(CCC(=O)NCC(C2CC2)N(C)C)N=N1. The van der Waals surface area contributed by atoms with Gasteiger partial charge in [-0.3, -0.25) is 4.79 Å². The second-order valence-corrected chi connectivity index (χ2v) is 6.06. The van der Waals surface area contributed by atoms with Gasteiger partial charge in [-0.15, -0.1) is 12.3 Å². The lowest BCUT2D eigenvalue weighted by molar-refractivity contribution is -0.121. The molecule has 0 radical (unpaired) electrons. The van der Waals surface area contributed by atoms with Crippen LogP contribution in [0.25, 0.3) is 0 Å². The van der Waals surface area contributed by atoms with Gasteiger partial charge in [0.25, 0.3) is 0 Å². The number of hydrogen-bond acceptors (Lipinski definition) is 4. The van der Waals surface area contributed by atoms with Crippen molar-refractivity contribution in [2.45, 2.75) is 50.2 Å². The average Bonchev–Trinajstić information content (AvgIpc) is 3.30. The summed E-state index contributed by atoms with van der Waals surface area (Å²) in [6.07, 6.45) is 10.4. The van der Waals surface area contributed by atoms with Crippen LogP contribution in [-0.2, 0) is 4.79 Å². The van der Waals surface area contributed by atoms with Gasteiger partial charge in [0.15, 0.2) is 5.66 Å². The standard InChI is InChI=1S/C15H24N4O/c1-4-5-9-15(17-18-15)10-8-14(20)16-11-13(19(2)3)12-6-7-12/h1,12-13H,5-11H2,2-3H3,(H,16,20). The van der Waals surface area contributed by atoms with Gasteiger partial charge < -0.3 is 10.2 Å². The molecular weight excluding hydrogens is 252 g/mol. The summed E-state index contributed by atoms with van der Waals surface area (Å²) in [4.78, 5) is 14.1. The Hall–Kier alpha value is -1.41. The van der Waals surface area contributed by atoms with Crippen LogP contribution in [0.5, 0.6) is 0 Å². The van der Waals surface area contributed by atoms with Crippen LogP contribution in [0.3, 0.4) is 0 Å². The van der Waals surface area contributed by atoms with Crippen LogP contribution in [-0.4, -0.2) is 43.2 Å². The molecule has 0 bridgehead atoms. The highest BCUT2D eigenvalue weighted by Gasteiger charge is 2.39. The van der Waals surface area contributed by atoms with E-state index in [1.807, 2.05) is 0 Å². The van der Waals surface area contributed by atoms with Gasteiger partial charge in [0, 0.05) is 38.3 Å². The molecule has 1 atom stereocenters. The summed E-state index contributed by atoms with van der Waals surface area (Å²) in [5, 5.41) is 11.1. The largest absolute Gasteiger partial charge is 0.355 e. The van der Waals surface area contributed by atoms with Crippen molar-refractivity contribution < 1.29 is 4.79 Å². The number of carbonyl (C=O) groups excluding carboxylic acids is 1. The summed E-state index contributed by atoms with van der Waals surface area (Å²) in [6.45, 7) is 0.738. The molecule has 1 amide bonds. The molecule has 0 spiro atoms. The first-order valence-electron chi connectivity index (χ1n) is 7.37. The van der Waals surface area contributed by atoms with Crippen LogP contribution < -0.4 is 5.32 Å². The number of hydrogen-bond donors (Lipinski definition) is 1. The van der Waals surface area contributed by atoms with Crippen LogP contribution in [0.2, 0.25) is 0 Å². The first kappa shape index (κ1) is 15.0. The van der Waals surface area contributed by atoms with Crippen molar-refractivity contribution in [3.8, 4) is 12.3 Å². The second-order valence-electron chi connectivity index (χ2n) is 6.06. The van der Waals surface area contributed by atoms with E-state index in [-0.39, 0.29) is 11.6 Å². The smallest absolute Gasteiger partial charge is 0.220 e. The maximum Gasteiger partial charge on any atom is 0.220 e. The molecule has 0 aromatic carbocycles. The van der Waals surface area contributed by atoms with Crippen LogP contribution in [0.4, 0.5) is 0 Å². The minimum Gasteiger partial charge on any atom is -0.355 e. The predicted molar refractivity (Wildman–Crippen MR) is 78.1 cm³/mol. The minimum atomic E-state index is -0.346. The first-order chi connectivity index (χ1) is 9.56. The number of amides is 1. The Kier molecular flexibility index (Phi) is 4.77. The molecule has 5 nitrogen and oxygen atoms in total. The second kappa shape index (κ2) is 6.36. The van der Waals surface area contributed by atoms with Gasteiger partial charge in [0.05, 0.1) is 0 Å². The van der Waals surface area contributed by atoms with E-state index in [1.54, 1.807) is 0 Å². The summed E-state index contributed by atoms with van der Waals surface area (Å²) < 4.78 is 0. The zero-order valence-electron chi connectivity index (χ0n) is 12.4. The molecular formula is C15H24N4O. The molecule has 1 N–H and O–H groups in total. The van der Waals surface area contributed by atoms with Gasteiger partial charge in [0.1, 0.15) is 0 Å². The zero-order chi connectivity index (χ0) is 14.6. The Morgan fingerprint density at radius 3 is 2.65 bits per heavy atom. The molecule has 1 aliphatic carbocycles. The molecule has 0 aromatic rings. The van der Waals surface area contributed by atoms with Crippen LogP contribution in [0, 0.1) is 18.3 Å². The quantitative estimate of drug-likeness (QED) is 0.653. The third-order valence-electron chi connectivity index (χ3n) is 4.14. The third kappa shape index (κ3) is 4.31. The highest BCUT2D eigenvalue weighted by molar-refractivity contribution is 5.76. The van der Waals surface area contributed by atoms with Gasteiger partial charge >= 0.3 is 0 Å². The van der Waals surface area contributed by atoms with E-state index in [4.69, 9.17) is 6.42 Å². The van der Waals surface area contributed by atoms with Gasteiger partial charge in [-0.1, -0.05) is 0 Å². The normalized spacial score (nSPS) is 20.5. The van der Waals surface area contributed by atoms with E-state index in [9.17, 15) is 4.79 Å². The third-order valence-corrected chi connectivity index (χ3v) is 4.14. The molecule has 1 fully saturated rings. The highest BCUT2D eigenvalue weighted by atomic mass is 16.1.